The maximum atomic E-state index is 13.8. The first-order valence-corrected chi connectivity index (χ1v) is 10.9. The molecule has 5 rings (SSSR count). The minimum Gasteiger partial charge on any atom is -0.489 e. The minimum absolute atomic E-state index is 0.203. The van der Waals surface area contributed by atoms with Crippen molar-refractivity contribution in [2.75, 3.05) is 11.5 Å². The summed E-state index contributed by atoms with van der Waals surface area (Å²) in [5.74, 6) is -0.359. The van der Waals surface area contributed by atoms with Crippen molar-refractivity contribution in [1.29, 1.82) is 0 Å². The van der Waals surface area contributed by atoms with Gasteiger partial charge in [0.05, 0.1) is 12.2 Å². The topological polar surface area (TPSA) is 46.5 Å². The normalized spacial score (nSPS) is 14.8. The fourth-order valence-corrected chi connectivity index (χ4v) is 4.19. The second kappa shape index (κ2) is 8.88. The number of ether oxygens (including phenoxy) is 1. The number of halogens is 1. The highest BCUT2D eigenvalue weighted by Gasteiger charge is 2.32. The molecule has 164 valence electrons. The van der Waals surface area contributed by atoms with Crippen LogP contribution in [0.4, 0.5) is 10.1 Å². The van der Waals surface area contributed by atoms with Crippen molar-refractivity contribution in [3.63, 3.8) is 0 Å². The predicted octanol–water partition coefficient (Wildman–Crippen LogP) is 5.12. The van der Waals surface area contributed by atoms with Gasteiger partial charge in [0.15, 0.2) is 16.7 Å². The summed E-state index contributed by atoms with van der Waals surface area (Å²) in [4.78, 5) is 14.6. The van der Waals surface area contributed by atoms with Gasteiger partial charge in [0.25, 0.3) is 5.91 Å². The SMILES string of the molecule is O=C1C(=Cc2cn(CCOc3ccccc3F)c3ccccc23)NC(=S)N1c1ccccc1. The smallest absolute Gasteiger partial charge is 0.281 e. The van der Waals surface area contributed by atoms with Gasteiger partial charge >= 0.3 is 0 Å². The number of hydrogen-bond donors (Lipinski definition) is 1. The number of hydrogen-bond acceptors (Lipinski definition) is 3. The van der Waals surface area contributed by atoms with E-state index in [1.54, 1.807) is 18.2 Å². The molecule has 0 radical (unpaired) electrons. The lowest BCUT2D eigenvalue weighted by Crippen LogP contribution is -2.30. The van der Waals surface area contributed by atoms with Gasteiger partial charge in [-0.2, -0.15) is 0 Å². The highest BCUT2D eigenvalue weighted by atomic mass is 32.1. The van der Waals surface area contributed by atoms with Crippen LogP contribution < -0.4 is 15.0 Å². The van der Waals surface area contributed by atoms with Crippen LogP contribution in [-0.4, -0.2) is 22.2 Å². The summed E-state index contributed by atoms with van der Waals surface area (Å²) < 4.78 is 21.5. The molecule has 1 amide bonds. The van der Waals surface area contributed by atoms with Gasteiger partial charge in [0.2, 0.25) is 0 Å². The summed E-state index contributed by atoms with van der Waals surface area (Å²) in [5.41, 5.74) is 3.00. The van der Waals surface area contributed by atoms with Crippen LogP contribution in [0.1, 0.15) is 5.56 Å². The Morgan fingerprint density at radius 3 is 2.52 bits per heavy atom. The van der Waals surface area contributed by atoms with Crippen LogP contribution in [-0.2, 0) is 11.3 Å². The first kappa shape index (κ1) is 20.9. The van der Waals surface area contributed by atoms with Crippen LogP contribution in [0, 0.1) is 5.82 Å². The number of thiocarbonyl (C=S) groups is 1. The van der Waals surface area contributed by atoms with Crippen LogP contribution in [0.2, 0.25) is 0 Å². The molecular weight excluding hydrogens is 437 g/mol. The zero-order valence-corrected chi connectivity index (χ0v) is 18.4. The Hall–Kier alpha value is -3.97. The molecule has 1 saturated heterocycles. The van der Waals surface area contributed by atoms with E-state index < -0.39 is 0 Å². The lowest BCUT2D eigenvalue weighted by molar-refractivity contribution is -0.113. The van der Waals surface area contributed by atoms with Gasteiger partial charge < -0.3 is 14.6 Å². The fraction of sp³-hybridized carbons (Fsp3) is 0.0769. The van der Waals surface area contributed by atoms with Crippen molar-refractivity contribution >= 4 is 45.9 Å². The maximum Gasteiger partial charge on any atom is 0.281 e. The average Bonchev–Trinajstić information content (AvgIpc) is 3.32. The standard InChI is InChI=1S/C26H20FN3O2S/c27-21-11-5-7-13-24(21)32-15-14-29-17-18(20-10-4-6-12-23(20)29)16-22-25(31)30(26(33)28-22)19-8-2-1-3-9-19/h1-13,16-17H,14-15H2,(H,28,33). The molecular formula is C26H20FN3O2S. The number of nitrogens with one attached hydrogen (secondary N) is 1. The minimum atomic E-state index is -0.384. The first-order valence-electron chi connectivity index (χ1n) is 10.5. The highest BCUT2D eigenvalue weighted by molar-refractivity contribution is 7.80. The summed E-state index contributed by atoms with van der Waals surface area (Å²) in [6.07, 6.45) is 3.78. The molecule has 0 spiro atoms. The molecule has 0 atom stereocenters. The number of nitrogens with zero attached hydrogens (tertiary/aromatic N) is 2. The lowest BCUT2D eigenvalue weighted by Gasteiger charge is -2.13. The molecule has 0 saturated carbocycles. The quantitative estimate of drug-likeness (QED) is 0.322. The van der Waals surface area contributed by atoms with E-state index in [-0.39, 0.29) is 17.5 Å². The Labute approximate surface area is 195 Å². The van der Waals surface area contributed by atoms with Gasteiger partial charge in [-0.25, -0.2) is 4.39 Å². The molecule has 33 heavy (non-hydrogen) atoms. The van der Waals surface area contributed by atoms with Crippen molar-refractivity contribution in [2.24, 2.45) is 0 Å². The molecule has 5 nitrogen and oxygen atoms in total. The van der Waals surface area contributed by atoms with Gasteiger partial charge in [-0.1, -0.05) is 48.5 Å². The number of anilines is 1. The van der Waals surface area contributed by atoms with Crippen LogP contribution >= 0.6 is 12.2 Å². The number of para-hydroxylation sites is 3. The Bertz CT molecular complexity index is 1380. The third-order valence-corrected chi connectivity index (χ3v) is 5.72. The number of carbonyl (C=O) groups excluding carboxylic acids is 1. The number of aromatic nitrogens is 1. The third-order valence-electron chi connectivity index (χ3n) is 5.44. The van der Waals surface area contributed by atoms with Gasteiger partial charge in [0.1, 0.15) is 12.3 Å². The van der Waals surface area contributed by atoms with Gasteiger partial charge in [-0.15, -0.1) is 0 Å². The van der Waals surface area contributed by atoms with E-state index in [1.165, 1.54) is 11.0 Å². The third kappa shape index (κ3) is 4.10. The Balaban J connectivity index is 1.41. The number of benzene rings is 3. The van der Waals surface area contributed by atoms with E-state index in [0.717, 1.165) is 22.2 Å². The molecule has 1 N–H and O–H groups in total. The van der Waals surface area contributed by atoms with Gasteiger partial charge in [0, 0.05) is 22.7 Å². The molecule has 3 aromatic carbocycles. The Kier molecular flexibility index (Phi) is 5.62. The molecule has 2 heterocycles. The monoisotopic (exact) mass is 457 g/mol. The van der Waals surface area contributed by atoms with E-state index in [2.05, 4.69) is 5.32 Å². The van der Waals surface area contributed by atoms with Crippen molar-refractivity contribution in [3.8, 4) is 5.75 Å². The summed E-state index contributed by atoms with van der Waals surface area (Å²) in [7, 11) is 0. The summed E-state index contributed by atoms with van der Waals surface area (Å²) in [6.45, 7) is 0.826. The van der Waals surface area contributed by atoms with Crippen molar-refractivity contribution in [2.45, 2.75) is 6.54 Å². The number of rotatable bonds is 6. The van der Waals surface area contributed by atoms with Crippen LogP contribution in [0.15, 0.2) is 90.8 Å². The summed E-state index contributed by atoms with van der Waals surface area (Å²) >= 11 is 5.41. The van der Waals surface area contributed by atoms with Crippen LogP contribution in [0.25, 0.3) is 17.0 Å². The van der Waals surface area contributed by atoms with E-state index in [1.807, 2.05) is 71.4 Å². The van der Waals surface area contributed by atoms with E-state index in [0.29, 0.717) is 24.0 Å². The van der Waals surface area contributed by atoms with Crippen molar-refractivity contribution in [3.05, 3.63) is 102 Å². The van der Waals surface area contributed by atoms with Crippen LogP contribution in [0.3, 0.4) is 0 Å². The predicted molar refractivity (Wildman–Crippen MR) is 131 cm³/mol. The van der Waals surface area contributed by atoms with Crippen LogP contribution in [0.5, 0.6) is 5.75 Å². The summed E-state index contributed by atoms with van der Waals surface area (Å²) in [6, 6.07) is 23.6. The molecule has 0 bridgehead atoms. The van der Waals surface area contributed by atoms with E-state index in [9.17, 15) is 9.18 Å². The number of amides is 1. The molecule has 7 heteroatoms. The largest absolute Gasteiger partial charge is 0.489 e. The average molecular weight is 458 g/mol. The van der Waals surface area contributed by atoms with Crippen molar-refractivity contribution < 1.29 is 13.9 Å². The van der Waals surface area contributed by atoms with Gasteiger partial charge in [-0.05, 0) is 48.6 Å². The Morgan fingerprint density at radius 1 is 0.970 bits per heavy atom. The zero-order valence-electron chi connectivity index (χ0n) is 17.6. The number of fused-ring (bicyclic) bond motifs is 1. The zero-order chi connectivity index (χ0) is 22.8. The second-order valence-electron chi connectivity index (χ2n) is 7.54. The molecule has 0 unspecified atom stereocenters. The van der Waals surface area contributed by atoms with Crippen molar-refractivity contribution in [1.82, 2.24) is 9.88 Å². The molecule has 0 aliphatic carbocycles. The highest BCUT2D eigenvalue weighted by Crippen LogP contribution is 2.27. The number of carbonyl (C=O) groups is 1. The molecule has 1 fully saturated rings. The molecule has 1 aromatic heterocycles. The summed E-state index contributed by atoms with van der Waals surface area (Å²) in [5, 5.41) is 4.38. The molecule has 1 aliphatic heterocycles. The molecule has 4 aromatic rings. The fourth-order valence-electron chi connectivity index (χ4n) is 3.89. The maximum absolute atomic E-state index is 13.8. The first-order chi connectivity index (χ1) is 16.1. The second-order valence-corrected chi connectivity index (χ2v) is 7.92. The van der Waals surface area contributed by atoms with Gasteiger partial charge in [-0.3, -0.25) is 9.69 Å². The Morgan fingerprint density at radius 2 is 1.70 bits per heavy atom. The van der Waals surface area contributed by atoms with E-state index >= 15 is 0 Å². The molecule has 1 aliphatic rings. The lowest BCUT2D eigenvalue weighted by atomic mass is 10.1. The van der Waals surface area contributed by atoms with E-state index in [4.69, 9.17) is 17.0 Å².